The Kier molecular flexibility index (Phi) is 10.4. The van der Waals surface area contributed by atoms with E-state index in [0.717, 1.165) is 30.9 Å². The first-order valence-electron chi connectivity index (χ1n) is 8.27. The van der Waals surface area contributed by atoms with E-state index in [2.05, 4.69) is 11.1 Å². The van der Waals surface area contributed by atoms with E-state index >= 15 is 0 Å². The van der Waals surface area contributed by atoms with E-state index in [1.54, 1.807) is 42.1 Å². The first kappa shape index (κ1) is 22.9. The van der Waals surface area contributed by atoms with Crippen molar-refractivity contribution in [3.05, 3.63) is 60.2 Å². The smallest absolute Gasteiger partial charge is 0.416 e. The monoisotopic (exact) mass is 400 g/mol. The van der Waals surface area contributed by atoms with E-state index in [1.165, 1.54) is 19.2 Å². The van der Waals surface area contributed by atoms with Crippen molar-refractivity contribution in [2.75, 3.05) is 25.1 Å². The lowest BCUT2D eigenvalue weighted by Crippen LogP contribution is -2.23. The molecular weight excluding hydrogens is 377 g/mol. The maximum Gasteiger partial charge on any atom is 0.416 e. The Balaban J connectivity index is 0.000000305. The van der Waals surface area contributed by atoms with Crippen molar-refractivity contribution in [1.29, 1.82) is 0 Å². The first-order chi connectivity index (χ1) is 12.9. The molecule has 1 heterocycles. The van der Waals surface area contributed by atoms with Gasteiger partial charge in [-0.3, -0.25) is 4.79 Å². The highest BCUT2D eigenvalue weighted by Gasteiger charge is 2.30. The van der Waals surface area contributed by atoms with Gasteiger partial charge in [0.2, 0.25) is 5.91 Å². The number of carbonyl (C=O) groups excluding carboxylic acids is 1. The molecule has 0 atom stereocenters. The van der Waals surface area contributed by atoms with Crippen LogP contribution in [0.3, 0.4) is 0 Å². The van der Waals surface area contributed by atoms with E-state index in [4.69, 9.17) is 4.74 Å². The van der Waals surface area contributed by atoms with E-state index in [0.29, 0.717) is 11.5 Å². The van der Waals surface area contributed by atoms with Gasteiger partial charge in [0.15, 0.2) is 0 Å². The molecule has 27 heavy (non-hydrogen) atoms. The molecule has 3 N–H and O–H groups in total. The maximum atomic E-state index is 12.5. The maximum absolute atomic E-state index is 12.5. The second-order valence-corrected chi connectivity index (χ2v) is 6.30. The van der Waals surface area contributed by atoms with E-state index < -0.39 is 11.7 Å². The minimum Gasteiger partial charge on any atom is -0.457 e. The molecule has 4 nitrogen and oxygen atoms in total. The molecule has 0 aromatic heterocycles. The summed E-state index contributed by atoms with van der Waals surface area (Å²) < 4.78 is 42.7. The van der Waals surface area contributed by atoms with Crippen LogP contribution in [0.2, 0.25) is 0 Å². The summed E-state index contributed by atoms with van der Waals surface area (Å²) in [6.07, 6.45) is -3.23. The van der Waals surface area contributed by atoms with Crippen LogP contribution >= 0.6 is 11.8 Å². The number of benzene rings is 2. The lowest BCUT2D eigenvalue weighted by Gasteiger charge is -2.09. The molecule has 0 bridgehead atoms. The van der Waals surface area contributed by atoms with Crippen LogP contribution in [0.25, 0.3) is 0 Å². The Morgan fingerprint density at radius 3 is 2.37 bits per heavy atom. The highest BCUT2D eigenvalue weighted by molar-refractivity contribution is 7.99. The number of para-hydroxylation sites is 1. The fourth-order valence-corrected chi connectivity index (χ4v) is 2.76. The second kappa shape index (κ2) is 12.2. The summed E-state index contributed by atoms with van der Waals surface area (Å²) in [5, 5.41) is 2.78. The molecule has 1 aliphatic heterocycles. The van der Waals surface area contributed by atoms with E-state index in [9.17, 15) is 18.0 Å². The van der Waals surface area contributed by atoms with Gasteiger partial charge in [-0.15, -0.1) is 0 Å². The molecule has 8 heteroatoms. The molecule has 3 rings (SSSR count). The van der Waals surface area contributed by atoms with Crippen molar-refractivity contribution in [3.8, 4) is 11.5 Å². The molecular formula is C19H23F3N2O2S. The Morgan fingerprint density at radius 1 is 1.04 bits per heavy atom. The van der Waals surface area contributed by atoms with Crippen LogP contribution in [-0.4, -0.2) is 31.0 Å². The van der Waals surface area contributed by atoms with Crippen LogP contribution in [-0.2, 0) is 11.0 Å². The number of amides is 1. The largest absolute Gasteiger partial charge is 0.457 e. The van der Waals surface area contributed by atoms with Crippen LogP contribution in [0, 0.1) is 0 Å². The van der Waals surface area contributed by atoms with Crippen molar-refractivity contribution < 1.29 is 22.7 Å². The zero-order chi connectivity index (χ0) is 20.1. The first-order valence-corrected chi connectivity index (χ1v) is 9.43. The van der Waals surface area contributed by atoms with Gasteiger partial charge in [0, 0.05) is 6.54 Å². The fraction of sp³-hybridized carbons (Fsp3) is 0.316. The molecule has 1 aliphatic rings. The number of hydrogen-bond donors (Lipinski definition) is 2. The van der Waals surface area contributed by atoms with Gasteiger partial charge in [0.05, 0.1) is 11.3 Å². The van der Waals surface area contributed by atoms with Gasteiger partial charge in [-0.05, 0) is 49.6 Å². The molecule has 0 saturated carbocycles. The summed E-state index contributed by atoms with van der Waals surface area (Å²) in [5.74, 6) is 2.64. The van der Waals surface area contributed by atoms with E-state index in [1.807, 2.05) is 0 Å². The number of carbonyl (C=O) groups is 1. The number of thioether (sulfide) groups is 1. The third kappa shape index (κ3) is 9.35. The molecule has 1 amide bonds. The lowest BCUT2D eigenvalue weighted by molar-refractivity contribution is -0.137. The molecule has 0 radical (unpaired) electrons. The molecule has 2 aromatic rings. The van der Waals surface area contributed by atoms with Crippen LogP contribution < -0.4 is 15.8 Å². The SMILES string of the molecule is CN.FC(F)(F)c1cccc(Oc2ccccc2)c1.O=C1CSCCCN1. The summed E-state index contributed by atoms with van der Waals surface area (Å²) >= 11 is 1.71. The summed E-state index contributed by atoms with van der Waals surface area (Å²) in [5.41, 5.74) is 3.78. The predicted molar refractivity (Wildman–Crippen MR) is 103 cm³/mol. The van der Waals surface area contributed by atoms with Crippen LogP contribution in [0.15, 0.2) is 54.6 Å². The number of halogens is 3. The van der Waals surface area contributed by atoms with Gasteiger partial charge in [-0.2, -0.15) is 24.9 Å². The number of ether oxygens (including phenoxy) is 1. The summed E-state index contributed by atoms with van der Waals surface area (Å²) in [4.78, 5) is 10.6. The Morgan fingerprint density at radius 2 is 1.70 bits per heavy atom. The van der Waals surface area contributed by atoms with Gasteiger partial charge in [0.1, 0.15) is 11.5 Å². The minimum absolute atomic E-state index is 0.172. The number of rotatable bonds is 2. The highest BCUT2D eigenvalue weighted by atomic mass is 32.2. The predicted octanol–water partition coefficient (Wildman–Crippen LogP) is 4.31. The van der Waals surface area contributed by atoms with E-state index in [-0.39, 0.29) is 11.7 Å². The topological polar surface area (TPSA) is 64.3 Å². The summed E-state index contributed by atoms with van der Waals surface area (Å²) in [6, 6.07) is 13.5. The zero-order valence-electron chi connectivity index (χ0n) is 15.0. The number of nitrogens with two attached hydrogens (primary N) is 1. The van der Waals surface area contributed by atoms with Gasteiger partial charge in [-0.1, -0.05) is 24.3 Å². The summed E-state index contributed by atoms with van der Waals surface area (Å²) in [7, 11) is 1.50. The quantitative estimate of drug-likeness (QED) is 0.788. The van der Waals surface area contributed by atoms with Crippen LogP contribution in [0.1, 0.15) is 12.0 Å². The Labute approximate surface area is 161 Å². The molecule has 0 spiro atoms. The fourth-order valence-electron chi connectivity index (χ4n) is 1.98. The van der Waals surface area contributed by atoms with Crippen molar-refractivity contribution in [2.45, 2.75) is 12.6 Å². The average Bonchev–Trinajstić information content (AvgIpc) is 2.92. The van der Waals surface area contributed by atoms with Crippen LogP contribution in [0.4, 0.5) is 13.2 Å². The van der Waals surface area contributed by atoms with Crippen molar-refractivity contribution in [1.82, 2.24) is 5.32 Å². The van der Waals surface area contributed by atoms with Crippen molar-refractivity contribution in [3.63, 3.8) is 0 Å². The van der Waals surface area contributed by atoms with Crippen LogP contribution in [0.5, 0.6) is 11.5 Å². The zero-order valence-corrected chi connectivity index (χ0v) is 15.8. The number of alkyl halides is 3. The normalized spacial score (nSPS) is 13.7. The third-order valence-electron chi connectivity index (χ3n) is 3.16. The van der Waals surface area contributed by atoms with Gasteiger partial charge in [0.25, 0.3) is 0 Å². The highest BCUT2D eigenvalue weighted by Crippen LogP contribution is 2.32. The van der Waals surface area contributed by atoms with Crippen molar-refractivity contribution >= 4 is 17.7 Å². The summed E-state index contributed by atoms with van der Waals surface area (Å²) in [6.45, 7) is 0.867. The molecule has 2 aromatic carbocycles. The number of nitrogens with one attached hydrogen (secondary N) is 1. The Bertz CT molecular complexity index is 672. The van der Waals surface area contributed by atoms with Crippen molar-refractivity contribution in [2.24, 2.45) is 5.73 Å². The van der Waals surface area contributed by atoms with Gasteiger partial charge >= 0.3 is 6.18 Å². The lowest BCUT2D eigenvalue weighted by atomic mass is 10.2. The molecule has 1 fully saturated rings. The standard InChI is InChI=1S/C13H9F3O.C5H9NOS.CH5N/c14-13(15,16)10-5-4-8-12(9-10)17-11-6-2-1-3-7-11;7-5-4-8-3-1-2-6-5;1-2/h1-9H;1-4H2,(H,6,7);2H2,1H3. The Hall–Kier alpha value is -2.19. The van der Waals surface area contributed by atoms with Gasteiger partial charge in [-0.25, -0.2) is 0 Å². The molecule has 0 unspecified atom stereocenters. The average molecular weight is 400 g/mol. The third-order valence-corrected chi connectivity index (χ3v) is 4.20. The second-order valence-electron chi connectivity index (χ2n) is 5.20. The molecule has 0 aliphatic carbocycles. The number of hydrogen-bond acceptors (Lipinski definition) is 4. The minimum atomic E-state index is -4.35. The molecule has 148 valence electrons. The molecule has 1 saturated heterocycles. The van der Waals surface area contributed by atoms with Gasteiger partial charge < -0.3 is 15.8 Å².